The Hall–Kier alpha value is -2.12. The van der Waals surface area contributed by atoms with Gasteiger partial charge in [0, 0.05) is 12.1 Å². The van der Waals surface area contributed by atoms with Crippen molar-refractivity contribution in [2.24, 2.45) is 5.73 Å². The van der Waals surface area contributed by atoms with E-state index in [1.54, 1.807) is 0 Å². The number of nitrogens with one attached hydrogen (secondary N) is 1. The van der Waals surface area contributed by atoms with Gasteiger partial charge in [0.25, 0.3) is 0 Å². The normalized spacial score (nSPS) is 11.7. The molecule has 8 heteroatoms. The maximum Gasteiger partial charge on any atom is 0.337 e. The zero-order chi connectivity index (χ0) is 15.3. The summed E-state index contributed by atoms with van der Waals surface area (Å²) in [6.45, 7) is 0. The van der Waals surface area contributed by atoms with E-state index in [0.717, 1.165) is 0 Å². The fourth-order valence-corrected chi connectivity index (χ4v) is 1.67. The summed E-state index contributed by atoms with van der Waals surface area (Å²) in [4.78, 5) is 32.8. The molecule has 1 rings (SSSR count). The van der Waals surface area contributed by atoms with E-state index in [1.165, 1.54) is 18.2 Å². The third-order valence-electron chi connectivity index (χ3n) is 2.47. The summed E-state index contributed by atoms with van der Waals surface area (Å²) in [5.74, 6) is -2.78. The average molecular weight is 301 g/mol. The lowest BCUT2D eigenvalue weighted by molar-refractivity contribution is -0.137. The summed E-state index contributed by atoms with van der Waals surface area (Å²) < 4.78 is 0. The molecule has 1 aromatic rings. The monoisotopic (exact) mass is 300 g/mol. The van der Waals surface area contributed by atoms with Crippen LogP contribution in [0.2, 0.25) is 5.02 Å². The molecule has 1 aromatic carbocycles. The number of carbonyl (C=O) groups is 3. The van der Waals surface area contributed by atoms with Gasteiger partial charge in [0.05, 0.1) is 16.6 Å². The highest BCUT2D eigenvalue weighted by Gasteiger charge is 2.16. The van der Waals surface area contributed by atoms with Crippen LogP contribution in [0, 0.1) is 0 Å². The predicted molar refractivity (Wildman–Crippen MR) is 71.9 cm³/mol. The maximum absolute atomic E-state index is 11.7. The number of rotatable bonds is 6. The zero-order valence-corrected chi connectivity index (χ0v) is 11.1. The number of benzene rings is 1. The molecule has 0 radical (unpaired) electrons. The lowest BCUT2D eigenvalue weighted by Crippen LogP contribution is -2.36. The molecule has 0 saturated heterocycles. The number of nitrogens with two attached hydrogens (primary N) is 1. The zero-order valence-electron chi connectivity index (χ0n) is 10.3. The molecule has 0 bridgehead atoms. The van der Waals surface area contributed by atoms with Gasteiger partial charge in [-0.25, -0.2) is 4.79 Å². The molecule has 1 amide bonds. The Morgan fingerprint density at radius 2 is 1.95 bits per heavy atom. The first-order chi connectivity index (χ1) is 9.31. The second-order valence-electron chi connectivity index (χ2n) is 4.03. The van der Waals surface area contributed by atoms with Crippen LogP contribution in [-0.4, -0.2) is 34.1 Å². The van der Waals surface area contributed by atoms with Gasteiger partial charge < -0.3 is 21.3 Å². The van der Waals surface area contributed by atoms with E-state index in [9.17, 15) is 14.4 Å². The van der Waals surface area contributed by atoms with E-state index in [4.69, 9.17) is 27.5 Å². The molecular formula is C12H13ClN2O5. The van der Waals surface area contributed by atoms with Crippen molar-refractivity contribution in [2.75, 3.05) is 5.32 Å². The quantitative estimate of drug-likeness (QED) is 0.624. The Morgan fingerprint density at radius 3 is 2.45 bits per heavy atom. The molecule has 5 N–H and O–H groups in total. The van der Waals surface area contributed by atoms with E-state index in [1.807, 2.05) is 0 Å². The van der Waals surface area contributed by atoms with Crippen LogP contribution < -0.4 is 11.1 Å². The van der Waals surface area contributed by atoms with Crippen molar-refractivity contribution in [1.82, 2.24) is 0 Å². The number of hydrogen-bond donors (Lipinski definition) is 4. The van der Waals surface area contributed by atoms with E-state index < -0.39 is 23.9 Å². The molecule has 0 aliphatic carbocycles. The van der Waals surface area contributed by atoms with Gasteiger partial charge in [-0.3, -0.25) is 9.59 Å². The third kappa shape index (κ3) is 4.52. The number of carbonyl (C=O) groups excluding carboxylic acids is 1. The summed E-state index contributed by atoms with van der Waals surface area (Å²) in [5.41, 5.74) is 5.73. The Bertz CT molecular complexity index is 547. The Balaban J connectivity index is 2.69. The maximum atomic E-state index is 11.7. The first kappa shape index (κ1) is 15.9. The number of aliphatic carboxylic acids is 1. The second kappa shape index (κ2) is 6.88. The molecule has 1 atom stereocenters. The van der Waals surface area contributed by atoms with Crippen molar-refractivity contribution < 1.29 is 24.6 Å². The minimum atomic E-state index is -1.17. The number of hydrogen-bond acceptors (Lipinski definition) is 4. The Morgan fingerprint density at radius 1 is 1.30 bits per heavy atom. The first-order valence-electron chi connectivity index (χ1n) is 5.62. The van der Waals surface area contributed by atoms with Crippen molar-refractivity contribution in [3.8, 4) is 0 Å². The molecule has 1 unspecified atom stereocenters. The number of carboxylic acids is 2. The largest absolute Gasteiger partial charge is 0.481 e. The Kier molecular flexibility index (Phi) is 5.48. The second-order valence-corrected chi connectivity index (χ2v) is 4.44. The van der Waals surface area contributed by atoms with Crippen molar-refractivity contribution >= 4 is 35.1 Å². The molecule has 0 aromatic heterocycles. The van der Waals surface area contributed by atoms with E-state index >= 15 is 0 Å². The summed E-state index contributed by atoms with van der Waals surface area (Å²) in [5, 5.41) is 19.7. The van der Waals surface area contributed by atoms with Gasteiger partial charge in [0.2, 0.25) is 5.91 Å². The number of halogens is 1. The number of amides is 1. The van der Waals surface area contributed by atoms with Crippen LogP contribution >= 0.6 is 11.6 Å². The predicted octanol–water partition coefficient (Wildman–Crippen LogP) is 1.17. The van der Waals surface area contributed by atoms with Crippen molar-refractivity contribution in [1.29, 1.82) is 0 Å². The van der Waals surface area contributed by atoms with Crippen LogP contribution in [-0.2, 0) is 9.59 Å². The average Bonchev–Trinajstić information content (AvgIpc) is 2.35. The molecule has 108 valence electrons. The van der Waals surface area contributed by atoms with Crippen LogP contribution in [0.1, 0.15) is 23.2 Å². The van der Waals surface area contributed by atoms with Gasteiger partial charge >= 0.3 is 11.9 Å². The van der Waals surface area contributed by atoms with Crippen LogP contribution in [0.25, 0.3) is 0 Å². The summed E-state index contributed by atoms with van der Waals surface area (Å²) in [6.07, 6.45) is -0.213. The van der Waals surface area contributed by atoms with Crippen LogP contribution in [0.15, 0.2) is 18.2 Å². The highest BCUT2D eigenvalue weighted by atomic mass is 35.5. The van der Waals surface area contributed by atoms with Crippen LogP contribution in [0.4, 0.5) is 5.69 Å². The van der Waals surface area contributed by atoms with E-state index in [-0.39, 0.29) is 29.1 Å². The molecule has 0 aliphatic rings. The number of carboxylic acid groups (broad SMARTS) is 2. The molecular weight excluding hydrogens is 288 g/mol. The van der Waals surface area contributed by atoms with Crippen LogP contribution in [0.3, 0.4) is 0 Å². The summed E-state index contributed by atoms with van der Waals surface area (Å²) >= 11 is 5.75. The first-order valence-corrected chi connectivity index (χ1v) is 6.00. The topological polar surface area (TPSA) is 130 Å². The highest BCUT2D eigenvalue weighted by Crippen LogP contribution is 2.21. The van der Waals surface area contributed by atoms with Crippen molar-refractivity contribution in [3.63, 3.8) is 0 Å². The van der Waals surface area contributed by atoms with E-state index in [0.29, 0.717) is 0 Å². The minimum Gasteiger partial charge on any atom is -0.481 e. The summed E-state index contributed by atoms with van der Waals surface area (Å²) in [6, 6.07) is 2.94. The smallest absolute Gasteiger partial charge is 0.337 e. The third-order valence-corrected chi connectivity index (χ3v) is 2.79. The van der Waals surface area contributed by atoms with Gasteiger partial charge in [0.15, 0.2) is 0 Å². The lowest BCUT2D eigenvalue weighted by atomic mass is 10.1. The van der Waals surface area contributed by atoms with Crippen LogP contribution in [0.5, 0.6) is 0 Å². The highest BCUT2D eigenvalue weighted by molar-refractivity contribution is 6.33. The summed E-state index contributed by atoms with van der Waals surface area (Å²) in [7, 11) is 0. The number of anilines is 1. The molecule has 0 fully saturated rings. The van der Waals surface area contributed by atoms with Gasteiger partial charge in [-0.05, 0) is 24.6 Å². The van der Waals surface area contributed by atoms with E-state index in [2.05, 4.69) is 5.32 Å². The fourth-order valence-electron chi connectivity index (χ4n) is 1.41. The fraction of sp³-hybridized carbons (Fsp3) is 0.250. The molecule has 0 saturated carbocycles. The molecule has 7 nitrogen and oxygen atoms in total. The van der Waals surface area contributed by atoms with Crippen molar-refractivity contribution in [3.05, 3.63) is 28.8 Å². The molecule has 0 aliphatic heterocycles. The molecule has 0 heterocycles. The molecule has 0 spiro atoms. The standard InChI is InChI=1S/C12H13ClN2O5/c13-8-5-6(1-2-7(8)12(19)20)15-11(18)9(14)3-4-10(16)17/h1-2,5,9H,3-4,14H2,(H,15,18)(H,16,17)(H,19,20). The van der Waals surface area contributed by atoms with Gasteiger partial charge in [-0.2, -0.15) is 0 Å². The lowest BCUT2D eigenvalue weighted by Gasteiger charge is -2.11. The van der Waals surface area contributed by atoms with Gasteiger partial charge in [-0.15, -0.1) is 0 Å². The minimum absolute atomic E-state index is 0.00209. The SMILES string of the molecule is NC(CCC(=O)O)C(=O)Nc1ccc(C(=O)O)c(Cl)c1. The molecule has 20 heavy (non-hydrogen) atoms. The van der Waals surface area contributed by atoms with Gasteiger partial charge in [0.1, 0.15) is 0 Å². The Labute approximate surface area is 119 Å². The number of aromatic carboxylic acids is 1. The van der Waals surface area contributed by atoms with Gasteiger partial charge in [-0.1, -0.05) is 11.6 Å². The van der Waals surface area contributed by atoms with Crippen molar-refractivity contribution in [2.45, 2.75) is 18.9 Å².